The van der Waals surface area contributed by atoms with E-state index >= 15 is 0 Å². The van der Waals surface area contributed by atoms with Crippen molar-refractivity contribution in [2.75, 3.05) is 18.0 Å². The van der Waals surface area contributed by atoms with Crippen LogP contribution in [0.15, 0.2) is 42.6 Å². The van der Waals surface area contributed by atoms with Gasteiger partial charge in [-0.05, 0) is 50.3 Å². The number of pyridine rings is 1. The summed E-state index contributed by atoms with van der Waals surface area (Å²) < 4.78 is 12.4. The molecule has 2 aliphatic rings. The van der Waals surface area contributed by atoms with Crippen molar-refractivity contribution >= 4 is 5.69 Å². The molecule has 4 heteroatoms. The Hall–Kier alpha value is -2.23. The zero-order chi connectivity index (χ0) is 17.1. The number of aryl methyl sites for hydroxylation is 1. The van der Waals surface area contributed by atoms with Crippen molar-refractivity contribution in [1.29, 1.82) is 0 Å². The van der Waals surface area contributed by atoms with Crippen LogP contribution in [0.4, 0.5) is 5.69 Å². The second kappa shape index (κ2) is 7.34. The molecule has 1 atom stereocenters. The van der Waals surface area contributed by atoms with Crippen LogP contribution in [0.1, 0.15) is 37.7 Å². The van der Waals surface area contributed by atoms with Gasteiger partial charge < -0.3 is 14.4 Å². The van der Waals surface area contributed by atoms with Gasteiger partial charge in [0.05, 0.1) is 18.3 Å². The number of anilines is 1. The number of aromatic nitrogens is 1. The van der Waals surface area contributed by atoms with E-state index in [-0.39, 0.29) is 6.10 Å². The third kappa shape index (κ3) is 3.89. The van der Waals surface area contributed by atoms with E-state index in [2.05, 4.69) is 34.1 Å². The second-order valence-corrected chi connectivity index (χ2v) is 7.14. The van der Waals surface area contributed by atoms with Gasteiger partial charge in [-0.3, -0.25) is 0 Å². The molecular formula is C21H26N2O2. The Morgan fingerprint density at radius 1 is 0.960 bits per heavy atom. The van der Waals surface area contributed by atoms with Crippen LogP contribution >= 0.6 is 0 Å². The molecule has 4 nitrogen and oxygen atoms in total. The summed E-state index contributed by atoms with van der Waals surface area (Å²) >= 11 is 0. The van der Waals surface area contributed by atoms with Crippen LogP contribution in [-0.2, 0) is 0 Å². The molecule has 25 heavy (non-hydrogen) atoms. The molecule has 2 fully saturated rings. The van der Waals surface area contributed by atoms with Crippen molar-refractivity contribution in [3.63, 3.8) is 0 Å². The van der Waals surface area contributed by atoms with Gasteiger partial charge in [-0.2, -0.15) is 0 Å². The van der Waals surface area contributed by atoms with Gasteiger partial charge in [0, 0.05) is 25.2 Å². The van der Waals surface area contributed by atoms with Gasteiger partial charge in [0.15, 0.2) is 0 Å². The van der Waals surface area contributed by atoms with Crippen molar-refractivity contribution < 1.29 is 9.47 Å². The quantitative estimate of drug-likeness (QED) is 0.811. The highest BCUT2D eigenvalue weighted by molar-refractivity contribution is 5.59. The molecule has 1 saturated heterocycles. The van der Waals surface area contributed by atoms with Gasteiger partial charge >= 0.3 is 0 Å². The van der Waals surface area contributed by atoms with Gasteiger partial charge in [-0.15, -0.1) is 0 Å². The molecule has 0 radical (unpaired) electrons. The maximum Gasteiger partial charge on any atom is 0.213 e. The molecule has 1 saturated carbocycles. The van der Waals surface area contributed by atoms with Crippen LogP contribution in [0.25, 0.3) is 0 Å². The predicted octanol–water partition coefficient (Wildman–Crippen LogP) is 4.37. The van der Waals surface area contributed by atoms with Crippen molar-refractivity contribution in [2.45, 2.75) is 51.2 Å². The van der Waals surface area contributed by atoms with Crippen molar-refractivity contribution in [3.8, 4) is 11.6 Å². The molecule has 0 unspecified atom stereocenters. The molecule has 2 heterocycles. The first kappa shape index (κ1) is 16.2. The maximum absolute atomic E-state index is 6.29. The highest BCUT2D eigenvalue weighted by Crippen LogP contribution is 2.34. The van der Waals surface area contributed by atoms with Crippen molar-refractivity contribution in [1.82, 2.24) is 4.98 Å². The van der Waals surface area contributed by atoms with Gasteiger partial charge in [0.2, 0.25) is 5.88 Å². The summed E-state index contributed by atoms with van der Waals surface area (Å²) in [6.07, 6.45) is 8.35. The first-order chi connectivity index (χ1) is 12.3. The average Bonchev–Trinajstić information content (AvgIpc) is 3.30. The van der Waals surface area contributed by atoms with Crippen LogP contribution in [0.3, 0.4) is 0 Å². The number of rotatable bonds is 5. The summed E-state index contributed by atoms with van der Waals surface area (Å²) in [5.74, 6) is 1.73. The summed E-state index contributed by atoms with van der Waals surface area (Å²) in [5.41, 5.74) is 2.34. The van der Waals surface area contributed by atoms with Gasteiger partial charge in [0.1, 0.15) is 11.9 Å². The number of para-hydroxylation sites is 2. The van der Waals surface area contributed by atoms with Crippen LogP contribution in [0.5, 0.6) is 11.6 Å². The van der Waals surface area contributed by atoms with Gasteiger partial charge in [-0.1, -0.05) is 18.2 Å². The molecule has 0 spiro atoms. The number of ether oxygens (including phenoxy) is 2. The fraction of sp³-hybridized carbons (Fsp3) is 0.476. The van der Waals surface area contributed by atoms with E-state index in [1.54, 1.807) is 0 Å². The van der Waals surface area contributed by atoms with E-state index in [0.29, 0.717) is 12.0 Å². The minimum absolute atomic E-state index is 0.176. The molecule has 0 amide bonds. The summed E-state index contributed by atoms with van der Waals surface area (Å²) in [5, 5.41) is 0. The number of nitrogens with zero attached hydrogens (tertiary/aromatic N) is 2. The summed E-state index contributed by atoms with van der Waals surface area (Å²) in [6.45, 7) is 3.90. The molecule has 1 aliphatic carbocycles. The van der Waals surface area contributed by atoms with E-state index in [0.717, 1.165) is 30.8 Å². The molecule has 0 N–H and O–H groups in total. The van der Waals surface area contributed by atoms with Crippen molar-refractivity contribution in [3.05, 3.63) is 48.2 Å². The van der Waals surface area contributed by atoms with E-state index in [1.165, 1.54) is 31.4 Å². The van der Waals surface area contributed by atoms with Crippen LogP contribution in [0.2, 0.25) is 0 Å². The maximum atomic E-state index is 6.29. The fourth-order valence-electron chi connectivity index (χ4n) is 3.74. The van der Waals surface area contributed by atoms with Crippen LogP contribution in [-0.4, -0.2) is 30.3 Å². The third-order valence-electron chi connectivity index (χ3n) is 5.12. The van der Waals surface area contributed by atoms with Gasteiger partial charge in [0.25, 0.3) is 0 Å². The Morgan fingerprint density at radius 2 is 1.80 bits per heavy atom. The van der Waals surface area contributed by atoms with Crippen LogP contribution in [0, 0.1) is 6.92 Å². The summed E-state index contributed by atoms with van der Waals surface area (Å²) in [7, 11) is 0. The van der Waals surface area contributed by atoms with Crippen LogP contribution < -0.4 is 14.4 Å². The van der Waals surface area contributed by atoms with Crippen molar-refractivity contribution in [2.24, 2.45) is 0 Å². The first-order valence-corrected chi connectivity index (χ1v) is 9.38. The molecule has 1 aromatic carbocycles. The minimum atomic E-state index is 0.176. The highest BCUT2D eigenvalue weighted by Gasteiger charge is 2.27. The highest BCUT2D eigenvalue weighted by atomic mass is 16.5. The minimum Gasteiger partial charge on any atom is -0.488 e. The first-order valence-electron chi connectivity index (χ1n) is 9.38. The Bertz CT molecular complexity index is 695. The van der Waals surface area contributed by atoms with Gasteiger partial charge in [-0.25, -0.2) is 4.98 Å². The Labute approximate surface area is 149 Å². The molecule has 0 bridgehead atoms. The number of hydrogen-bond acceptors (Lipinski definition) is 4. The topological polar surface area (TPSA) is 34.6 Å². The Kier molecular flexibility index (Phi) is 4.77. The molecule has 2 aromatic rings. The monoisotopic (exact) mass is 338 g/mol. The molecular weight excluding hydrogens is 312 g/mol. The lowest BCUT2D eigenvalue weighted by Crippen LogP contribution is -2.25. The Balaban J connectivity index is 1.41. The number of benzene rings is 1. The molecule has 1 aliphatic heterocycles. The zero-order valence-corrected chi connectivity index (χ0v) is 14.9. The fourth-order valence-corrected chi connectivity index (χ4v) is 3.74. The molecule has 132 valence electrons. The molecule has 4 rings (SSSR count). The largest absolute Gasteiger partial charge is 0.488 e. The van der Waals surface area contributed by atoms with E-state index in [4.69, 9.17) is 9.47 Å². The number of hydrogen-bond donors (Lipinski definition) is 0. The average molecular weight is 338 g/mol. The SMILES string of the molecule is Cc1ccc(O[C@H]2CCN(c3ccccc3OC3CCCC3)C2)nc1. The van der Waals surface area contributed by atoms with E-state index in [1.807, 2.05) is 25.3 Å². The lowest BCUT2D eigenvalue weighted by molar-refractivity contribution is 0.209. The standard InChI is InChI=1S/C21H26N2O2/c1-16-10-11-21(22-14-16)25-18-12-13-23(15-18)19-8-4-5-9-20(19)24-17-6-2-3-7-17/h4-5,8-11,14,17-18H,2-3,6-7,12-13,15H2,1H3/t18-/m0/s1. The zero-order valence-electron chi connectivity index (χ0n) is 14.9. The third-order valence-corrected chi connectivity index (χ3v) is 5.12. The summed E-state index contributed by atoms with van der Waals surface area (Å²) in [4.78, 5) is 6.74. The Morgan fingerprint density at radius 3 is 2.60 bits per heavy atom. The normalized spacial score (nSPS) is 20.8. The van der Waals surface area contributed by atoms with E-state index in [9.17, 15) is 0 Å². The molecule has 1 aromatic heterocycles. The lowest BCUT2D eigenvalue weighted by atomic mass is 10.2. The second-order valence-electron chi connectivity index (χ2n) is 7.14. The smallest absolute Gasteiger partial charge is 0.213 e. The lowest BCUT2D eigenvalue weighted by Gasteiger charge is -2.23. The summed E-state index contributed by atoms with van der Waals surface area (Å²) in [6, 6.07) is 12.4. The van der Waals surface area contributed by atoms with E-state index < -0.39 is 0 Å². The predicted molar refractivity (Wildman–Crippen MR) is 99.5 cm³/mol.